The molecule has 8 aromatic carbocycles. The first kappa shape index (κ1) is 29.3. The van der Waals surface area contributed by atoms with E-state index in [1.807, 2.05) is 84.9 Å². The van der Waals surface area contributed by atoms with Crippen molar-refractivity contribution >= 4 is 62.0 Å². The second-order valence-electron chi connectivity index (χ2n) is 15.2. The maximum Gasteiger partial charge on any atom is 0.266 e. The molecule has 58 heavy (non-hydrogen) atoms. The lowest BCUT2D eigenvalue weighted by atomic mass is 9.33. The van der Waals surface area contributed by atoms with Gasteiger partial charge in [-0.2, -0.15) is 0 Å². The summed E-state index contributed by atoms with van der Waals surface area (Å²) in [5.41, 5.74) is 9.26. The first-order valence-electron chi connectivity index (χ1n) is 19.2. The quantitative estimate of drug-likeness (QED) is 0.165. The Morgan fingerprint density at radius 2 is 0.914 bits per heavy atom. The van der Waals surface area contributed by atoms with Gasteiger partial charge in [0.25, 0.3) is 6.71 Å². The molecule has 0 atom stereocenters. The summed E-state index contributed by atoms with van der Waals surface area (Å²) in [4.78, 5) is 2.16. The largest absolute Gasteiger partial charge is 0.458 e. The monoisotopic (exact) mass is 750 g/mol. The molecule has 7 heterocycles. The zero-order chi connectivity index (χ0) is 37.4. The van der Waals surface area contributed by atoms with E-state index in [9.17, 15) is 0 Å². The summed E-state index contributed by atoms with van der Waals surface area (Å²) in [6.07, 6.45) is 0. The molecule has 1 aromatic heterocycles. The lowest BCUT2D eigenvalue weighted by Gasteiger charge is -2.41. The molecule has 9 aromatic rings. The van der Waals surface area contributed by atoms with Crippen LogP contribution in [0.4, 0.5) is 17.1 Å². The van der Waals surface area contributed by atoms with Crippen LogP contribution < -0.4 is 54.4 Å². The van der Waals surface area contributed by atoms with E-state index in [-0.39, 0.29) is 6.71 Å². The average Bonchev–Trinajstić information content (AvgIpc) is 3.59. The summed E-state index contributed by atoms with van der Waals surface area (Å²) in [6, 6.07) is 46.1. The van der Waals surface area contributed by atoms with Gasteiger partial charge in [-0.15, -0.1) is 0 Å². The summed E-state index contributed by atoms with van der Waals surface area (Å²) in [6.45, 7) is -0.0528. The summed E-state index contributed by atoms with van der Waals surface area (Å²) < 4.78 is 48.5. The SMILES string of the molecule is c1ccc(Oc2cc3c4c(c2)Oc2cccc5c2N4c2c(cccc2O3)O5)c(Oc2cc3c4c(c2)Oc2ccc5c6ccccc6n6c5c2B4c2c(cccc2-6)O3)c1. The Bertz CT molecular complexity index is 3340. The Hall–Kier alpha value is -7.98. The molecule has 0 spiro atoms. The highest BCUT2D eigenvalue weighted by Crippen LogP contribution is 2.67. The van der Waals surface area contributed by atoms with Gasteiger partial charge in [-0.05, 0) is 77.7 Å². The molecular weight excluding hydrogens is 727 g/mol. The van der Waals surface area contributed by atoms with Gasteiger partial charge >= 0.3 is 0 Å². The van der Waals surface area contributed by atoms with E-state index in [4.69, 9.17) is 33.2 Å². The zero-order valence-electron chi connectivity index (χ0n) is 30.1. The number of rotatable bonds is 4. The minimum absolute atomic E-state index is 0.0528. The number of para-hydroxylation sites is 5. The van der Waals surface area contributed by atoms with Crippen LogP contribution in [-0.4, -0.2) is 11.3 Å². The van der Waals surface area contributed by atoms with Gasteiger partial charge in [0, 0.05) is 46.2 Å². The van der Waals surface area contributed by atoms with E-state index in [1.165, 1.54) is 21.8 Å². The van der Waals surface area contributed by atoms with Crippen LogP contribution in [0.1, 0.15) is 0 Å². The maximum atomic E-state index is 6.78. The number of ether oxygens (including phenoxy) is 7. The van der Waals surface area contributed by atoms with Crippen molar-refractivity contribution in [3.05, 3.63) is 140 Å². The maximum absolute atomic E-state index is 6.78. The Kier molecular flexibility index (Phi) is 5.09. The van der Waals surface area contributed by atoms with E-state index in [1.54, 1.807) is 0 Å². The summed E-state index contributed by atoms with van der Waals surface area (Å²) >= 11 is 0. The van der Waals surface area contributed by atoms with Gasteiger partial charge in [0.2, 0.25) is 0 Å². The molecule has 0 radical (unpaired) electrons. The van der Waals surface area contributed by atoms with Crippen LogP contribution in [0.3, 0.4) is 0 Å². The Labute approximate surface area is 329 Å². The van der Waals surface area contributed by atoms with Gasteiger partial charge < -0.3 is 37.7 Å². The molecule has 0 N–H and O–H groups in total. The van der Waals surface area contributed by atoms with Crippen LogP contribution in [-0.2, 0) is 0 Å². The first-order valence-corrected chi connectivity index (χ1v) is 19.2. The fourth-order valence-electron chi connectivity index (χ4n) is 9.88. The number of nitrogens with zero attached hydrogens (tertiary/aromatic N) is 2. The number of hydrogen-bond acceptors (Lipinski definition) is 8. The van der Waals surface area contributed by atoms with Crippen LogP contribution in [0.25, 0.3) is 27.5 Å². The molecule has 10 heteroatoms. The fraction of sp³-hybridized carbons (Fsp3) is 0. The number of fused-ring (bicyclic) bond motifs is 4. The van der Waals surface area contributed by atoms with E-state index in [2.05, 4.69) is 64.1 Å². The third-order valence-corrected chi connectivity index (χ3v) is 12.1. The van der Waals surface area contributed by atoms with E-state index in [0.717, 1.165) is 62.1 Å². The predicted octanol–water partition coefficient (Wildman–Crippen LogP) is 11.2. The highest BCUT2D eigenvalue weighted by molar-refractivity contribution is 7.00. The highest BCUT2D eigenvalue weighted by Gasteiger charge is 2.47. The molecule has 15 rings (SSSR count). The van der Waals surface area contributed by atoms with E-state index < -0.39 is 0 Å². The first-order chi connectivity index (χ1) is 28.7. The molecule has 0 amide bonds. The number of benzene rings is 8. The standard InChI is InChI=1S/C48H23BN2O7/c1-2-9-28-26(8-1)27-18-19-33-44-45(27)50(28)29-10-5-13-32-42(29)49(44)43-38(54-32)20-24(21-39(43)55-33)52-30-11-3-4-12-31(30)53-25-22-40-48-41(23-25)58-37-17-7-15-35-47(37)51(48)46-34(56-35)14-6-16-36(46)57-40/h1-23H. The van der Waals surface area contributed by atoms with Crippen LogP contribution in [0, 0.1) is 0 Å². The Morgan fingerprint density at radius 3 is 1.59 bits per heavy atom. The second kappa shape index (κ2) is 10.1. The second-order valence-corrected chi connectivity index (χ2v) is 15.2. The summed E-state index contributed by atoms with van der Waals surface area (Å²) in [5, 5.41) is 2.43. The molecule has 0 fully saturated rings. The number of aromatic nitrogens is 1. The average molecular weight is 751 g/mol. The molecule has 6 aliphatic rings. The van der Waals surface area contributed by atoms with Gasteiger partial charge in [0.15, 0.2) is 46.0 Å². The minimum atomic E-state index is -0.0528. The van der Waals surface area contributed by atoms with E-state index in [0.29, 0.717) is 57.5 Å². The van der Waals surface area contributed by atoms with Gasteiger partial charge in [0.1, 0.15) is 51.6 Å². The molecule has 270 valence electrons. The van der Waals surface area contributed by atoms with Crippen LogP contribution in [0.2, 0.25) is 0 Å². The van der Waals surface area contributed by atoms with Crippen molar-refractivity contribution in [2.75, 3.05) is 4.90 Å². The number of hydrogen-bond donors (Lipinski definition) is 0. The van der Waals surface area contributed by atoms with Crippen molar-refractivity contribution in [1.29, 1.82) is 0 Å². The van der Waals surface area contributed by atoms with Crippen molar-refractivity contribution in [2.45, 2.75) is 0 Å². The van der Waals surface area contributed by atoms with Crippen molar-refractivity contribution in [1.82, 2.24) is 4.57 Å². The van der Waals surface area contributed by atoms with Gasteiger partial charge in [-0.25, -0.2) is 0 Å². The summed E-state index contributed by atoms with van der Waals surface area (Å²) in [7, 11) is 0. The normalized spacial score (nSPS) is 14.1. The predicted molar refractivity (Wildman–Crippen MR) is 220 cm³/mol. The fourth-order valence-corrected chi connectivity index (χ4v) is 9.88. The molecule has 0 saturated carbocycles. The summed E-state index contributed by atoms with van der Waals surface area (Å²) in [5.74, 6) is 9.16. The molecule has 0 bridgehead atoms. The molecule has 9 nitrogen and oxygen atoms in total. The lowest BCUT2D eigenvalue weighted by Crippen LogP contribution is -2.60. The molecular formula is C48H23BN2O7. The molecule has 6 aliphatic heterocycles. The van der Waals surface area contributed by atoms with E-state index >= 15 is 0 Å². The van der Waals surface area contributed by atoms with Crippen molar-refractivity contribution in [3.8, 4) is 86.2 Å². The molecule has 0 unspecified atom stereocenters. The van der Waals surface area contributed by atoms with Crippen LogP contribution in [0.5, 0.6) is 80.5 Å². The van der Waals surface area contributed by atoms with Gasteiger partial charge in [0.05, 0.1) is 11.0 Å². The van der Waals surface area contributed by atoms with Crippen molar-refractivity contribution in [2.24, 2.45) is 0 Å². The van der Waals surface area contributed by atoms with Crippen LogP contribution >= 0.6 is 0 Å². The Balaban J connectivity index is 0.823. The highest BCUT2D eigenvalue weighted by atomic mass is 16.5. The third-order valence-electron chi connectivity index (χ3n) is 12.1. The topological polar surface area (TPSA) is 72.8 Å². The van der Waals surface area contributed by atoms with Crippen molar-refractivity contribution < 1.29 is 33.2 Å². The third kappa shape index (κ3) is 3.55. The van der Waals surface area contributed by atoms with Crippen LogP contribution in [0.15, 0.2) is 140 Å². The minimum Gasteiger partial charge on any atom is -0.458 e. The van der Waals surface area contributed by atoms with Crippen molar-refractivity contribution in [3.63, 3.8) is 0 Å². The van der Waals surface area contributed by atoms with Gasteiger partial charge in [-0.1, -0.05) is 48.5 Å². The molecule has 0 aliphatic carbocycles. The smallest absolute Gasteiger partial charge is 0.266 e. The number of anilines is 3. The lowest BCUT2D eigenvalue weighted by molar-refractivity contribution is 0.398. The zero-order valence-corrected chi connectivity index (χ0v) is 30.1. The molecule has 0 saturated heterocycles. The Morgan fingerprint density at radius 1 is 0.397 bits per heavy atom. The van der Waals surface area contributed by atoms with Gasteiger partial charge in [-0.3, -0.25) is 4.90 Å².